The molecule has 0 unspecified atom stereocenters. The van der Waals surface area contributed by atoms with E-state index >= 15 is 0 Å². The topological polar surface area (TPSA) is 49.4 Å². The summed E-state index contributed by atoms with van der Waals surface area (Å²) in [6.07, 6.45) is 3.06. The van der Waals surface area contributed by atoms with Crippen molar-refractivity contribution in [3.05, 3.63) is 44.8 Å². The van der Waals surface area contributed by atoms with E-state index in [0.717, 1.165) is 37.9 Å². The van der Waals surface area contributed by atoms with E-state index in [9.17, 15) is 9.59 Å². The van der Waals surface area contributed by atoms with Crippen LogP contribution < -0.4 is 5.32 Å². The van der Waals surface area contributed by atoms with Gasteiger partial charge in [0.05, 0.1) is 0 Å². The molecule has 0 aromatic carbocycles. The molecule has 6 heteroatoms. The van der Waals surface area contributed by atoms with Crippen LogP contribution in [-0.2, 0) is 11.2 Å². The van der Waals surface area contributed by atoms with Crippen LogP contribution in [0.3, 0.4) is 0 Å². The SMILES string of the molecule is O=C(NC1CCN(C(=O)CCc2ccsc2)CC1)c1ccsc1. The largest absolute Gasteiger partial charge is 0.349 e. The predicted molar refractivity (Wildman–Crippen MR) is 94.0 cm³/mol. The Bertz CT molecular complexity index is 630. The molecule has 23 heavy (non-hydrogen) atoms. The molecule has 0 bridgehead atoms. The molecule has 122 valence electrons. The molecule has 1 aliphatic rings. The highest BCUT2D eigenvalue weighted by atomic mass is 32.1. The molecule has 1 fully saturated rings. The summed E-state index contributed by atoms with van der Waals surface area (Å²) in [6, 6.07) is 4.08. The molecule has 0 atom stereocenters. The van der Waals surface area contributed by atoms with Crippen LogP contribution in [0.2, 0.25) is 0 Å². The van der Waals surface area contributed by atoms with Gasteiger partial charge >= 0.3 is 0 Å². The summed E-state index contributed by atoms with van der Waals surface area (Å²) in [4.78, 5) is 26.2. The molecule has 2 aromatic heterocycles. The van der Waals surface area contributed by atoms with E-state index in [2.05, 4.69) is 16.8 Å². The fourth-order valence-electron chi connectivity index (χ4n) is 2.78. The van der Waals surface area contributed by atoms with Crippen LogP contribution in [0, 0.1) is 0 Å². The van der Waals surface area contributed by atoms with Gasteiger partial charge in [-0.05, 0) is 53.1 Å². The zero-order valence-electron chi connectivity index (χ0n) is 12.9. The third kappa shape index (κ3) is 4.42. The Morgan fingerprint density at radius 1 is 1.13 bits per heavy atom. The van der Waals surface area contributed by atoms with Gasteiger partial charge < -0.3 is 10.2 Å². The number of rotatable bonds is 5. The minimum atomic E-state index is -0.00603. The van der Waals surface area contributed by atoms with E-state index in [-0.39, 0.29) is 17.9 Å². The summed E-state index contributed by atoms with van der Waals surface area (Å²) in [5.74, 6) is 0.215. The third-order valence-corrected chi connectivity index (χ3v) is 5.59. The summed E-state index contributed by atoms with van der Waals surface area (Å²) >= 11 is 3.19. The highest BCUT2D eigenvalue weighted by molar-refractivity contribution is 7.08. The van der Waals surface area contributed by atoms with Crippen molar-refractivity contribution in [2.24, 2.45) is 0 Å². The van der Waals surface area contributed by atoms with Crippen LogP contribution in [0.15, 0.2) is 33.7 Å². The van der Waals surface area contributed by atoms with Gasteiger partial charge in [-0.1, -0.05) is 0 Å². The summed E-state index contributed by atoms with van der Waals surface area (Å²) in [5, 5.41) is 11.0. The second kappa shape index (κ2) is 7.75. The van der Waals surface area contributed by atoms with Crippen molar-refractivity contribution < 1.29 is 9.59 Å². The lowest BCUT2D eigenvalue weighted by molar-refractivity contribution is -0.132. The molecule has 2 aromatic rings. The highest BCUT2D eigenvalue weighted by Gasteiger charge is 2.24. The molecule has 1 N–H and O–H groups in total. The molecular weight excluding hydrogens is 328 g/mol. The lowest BCUT2D eigenvalue weighted by Gasteiger charge is -2.32. The van der Waals surface area contributed by atoms with E-state index in [4.69, 9.17) is 0 Å². The number of nitrogens with zero attached hydrogens (tertiary/aromatic N) is 1. The molecule has 0 radical (unpaired) electrons. The van der Waals surface area contributed by atoms with Gasteiger partial charge in [-0.3, -0.25) is 9.59 Å². The second-order valence-electron chi connectivity index (χ2n) is 5.77. The van der Waals surface area contributed by atoms with Gasteiger partial charge in [0.2, 0.25) is 5.91 Å². The molecule has 1 aliphatic heterocycles. The lowest BCUT2D eigenvalue weighted by atomic mass is 10.0. The van der Waals surface area contributed by atoms with Crippen molar-refractivity contribution in [1.82, 2.24) is 10.2 Å². The van der Waals surface area contributed by atoms with Crippen molar-refractivity contribution >= 4 is 34.5 Å². The minimum absolute atomic E-state index is 0.00603. The van der Waals surface area contributed by atoms with Gasteiger partial charge in [-0.25, -0.2) is 0 Å². The third-order valence-electron chi connectivity index (χ3n) is 4.17. The Morgan fingerprint density at radius 3 is 2.52 bits per heavy atom. The van der Waals surface area contributed by atoms with Crippen LogP contribution in [0.1, 0.15) is 35.2 Å². The standard InChI is InChI=1S/C17H20N2O2S2/c20-16(2-1-13-5-9-22-11-13)19-7-3-15(4-8-19)18-17(21)14-6-10-23-12-14/h5-6,9-12,15H,1-4,7-8H2,(H,18,21). The highest BCUT2D eigenvalue weighted by Crippen LogP contribution is 2.15. The number of likely N-dealkylation sites (tertiary alicyclic amines) is 1. The van der Waals surface area contributed by atoms with Gasteiger partial charge in [0.1, 0.15) is 0 Å². The summed E-state index contributed by atoms with van der Waals surface area (Å²) in [5.41, 5.74) is 1.96. The first kappa shape index (κ1) is 16.2. The predicted octanol–water partition coefficient (Wildman–Crippen LogP) is 3.16. The van der Waals surface area contributed by atoms with Gasteiger partial charge in [0.15, 0.2) is 0 Å². The minimum Gasteiger partial charge on any atom is -0.349 e. The molecule has 2 amide bonds. The van der Waals surface area contributed by atoms with Crippen LogP contribution in [0.5, 0.6) is 0 Å². The number of piperidine rings is 1. The molecule has 0 aliphatic carbocycles. The van der Waals surface area contributed by atoms with Crippen molar-refractivity contribution in [1.29, 1.82) is 0 Å². The summed E-state index contributed by atoms with van der Waals surface area (Å²) in [6.45, 7) is 1.47. The van der Waals surface area contributed by atoms with Crippen molar-refractivity contribution in [2.75, 3.05) is 13.1 Å². The van der Waals surface area contributed by atoms with Gasteiger partial charge in [0, 0.05) is 36.5 Å². The number of hydrogen-bond acceptors (Lipinski definition) is 4. The van der Waals surface area contributed by atoms with Gasteiger partial charge in [-0.2, -0.15) is 22.7 Å². The zero-order valence-corrected chi connectivity index (χ0v) is 14.5. The van der Waals surface area contributed by atoms with E-state index in [0.29, 0.717) is 6.42 Å². The van der Waals surface area contributed by atoms with E-state index < -0.39 is 0 Å². The molecule has 0 spiro atoms. The first-order valence-electron chi connectivity index (χ1n) is 7.84. The first-order chi connectivity index (χ1) is 11.2. The Hall–Kier alpha value is -1.66. The van der Waals surface area contributed by atoms with Crippen molar-refractivity contribution in [2.45, 2.75) is 31.7 Å². The number of carbonyl (C=O) groups is 2. The normalized spacial score (nSPS) is 15.6. The molecule has 1 saturated heterocycles. The summed E-state index contributed by atoms with van der Waals surface area (Å²) in [7, 11) is 0. The monoisotopic (exact) mass is 348 g/mol. The molecule has 3 heterocycles. The Balaban J connectivity index is 1.41. The Kier molecular flexibility index (Phi) is 5.46. The van der Waals surface area contributed by atoms with Crippen molar-refractivity contribution in [3.8, 4) is 0 Å². The Labute approximate surface area is 144 Å². The number of thiophene rings is 2. The fraction of sp³-hybridized carbons (Fsp3) is 0.412. The van der Waals surface area contributed by atoms with Crippen molar-refractivity contribution in [3.63, 3.8) is 0 Å². The molecular formula is C17H20N2O2S2. The van der Waals surface area contributed by atoms with E-state index in [1.807, 2.05) is 27.1 Å². The average molecular weight is 348 g/mol. The zero-order chi connectivity index (χ0) is 16.1. The van der Waals surface area contributed by atoms with Gasteiger partial charge in [-0.15, -0.1) is 0 Å². The molecule has 3 rings (SSSR count). The second-order valence-corrected chi connectivity index (χ2v) is 7.33. The molecule has 0 saturated carbocycles. The van der Waals surface area contributed by atoms with E-state index in [1.165, 1.54) is 16.9 Å². The maximum absolute atomic E-state index is 12.3. The molecule has 4 nitrogen and oxygen atoms in total. The maximum atomic E-state index is 12.3. The number of nitrogens with one attached hydrogen (secondary N) is 1. The van der Waals surface area contributed by atoms with Crippen LogP contribution >= 0.6 is 22.7 Å². The van der Waals surface area contributed by atoms with Crippen LogP contribution in [0.4, 0.5) is 0 Å². The first-order valence-corrected chi connectivity index (χ1v) is 9.73. The number of aryl methyl sites for hydroxylation is 1. The van der Waals surface area contributed by atoms with Crippen LogP contribution in [0.25, 0.3) is 0 Å². The average Bonchev–Trinajstić information content (AvgIpc) is 3.26. The maximum Gasteiger partial charge on any atom is 0.252 e. The van der Waals surface area contributed by atoms with Crippen LogP contribution in [-0.4, -0.2) is 35.8 Å². The summed E-state index contributed by atoms with van der Waals surface area (Å²) < 4.78 is 0. The van der Waals surface area contributed by atoms with Gasteiger partial charge in [0.25, 0.3) is 5.91 Å². The smallest absolute Gasteiger partial charge is 0.252 e. The Morgan fingerprint density at radius 2 is 1.87 bits per heavy atom. The number of carbonyl (C=O) groups excluding carboxylic acids is 2. The number of amides is 2. The quantitative estimate of drug-likeness (QED) is 0.902. The lowest BCUT2D eigenvalue weighted by Crippen LogP contribution is -2.46. The fourth-order valence-corrected chi connectivity index (χ4v) is 4.12. The van der Waals surface area contributed by atoms with E-state index in [1.54, 1.807) is 11.3 Å². The number of hydrogen-bond donors (Lipinski definition) is 1.